The molecule has 0 aromatic carbocycles. The molecule has 0 aliphatic heterocycles. The fourth-order valence-corrected chi connectivity index (χ4v) is 9.39. The van der Waals surface area contributed by atoms with Gasteiger partial charge in [-0.25, -0.2) is 4.79 Å². The van der Waals surface area contributed by atoms with Crippen LogP contribution >= 0.6 is 18.9 Å². The third kappa shape index (κ3) is 8.63. The number of hydrogen-bond donors (Lipinski definition) is 0. The van der Waals surface area contributed by atoms with Crippen LogP contribution in [0.15, 0.2) is 48.1 Å². The average Bonchev–Trinajstić information content (AvgIpc) is 3.44. The molecule has 2 aromatic heterocycles. The standard InChI is InChI=1S/C33H48NO5PS/c1-22(2)28-14-11-24(5)19-30(28)38-40(36,39-31-20-25(6)12-15-29(31)23(3)4)33(26-9-7-17-34-21-26)37-32(35)16-13-27-10-8-18-41-27/h7-10,13,16-18,21-25,28-31,33H,11-12,14-15,19-20H2,1-6H3. The summed E-state index contributed by atoms with van der Waals surface area (Å²) in [6, 6.07) is 7.41. The first kappa shape index (κ1) is 32.1. The number of rotatable bonds is 11. The molecule has 2 aromatic rings. The molecule has 0 amide bonds. The van der Waals surface area contributed by atoms with Gasteiger partial charge in [-0.2, -0.15) is 0 Å². The minimum absolute atomic E-state index is 0.248. The Morgan fingerprint density at radius 1 is 0.951 bits per heavy atom. The van der Waals surface area contributed by atoms with Crippen molar-refractivity contribution in [2.24, 2.45) is 35.5 Å². The predicted molar refractivity (Wildman–Crippen MR) is 166 cm³/mol. The maximum atomic E-state index is 15.4. The van der Waals surface area contributed by atoms with Gasteiger partial charge in [0.1, 0.15) is 0 Å². The van der Waals surface area contributed by atoms with Crippen LogP contribution in [0.3, 0.4) is 0 Å². The van der Waals surface area contributed by atoms with E-state index in [-0.39, 0.29) is 24.0 Å². The Hall–Kier alpha value is -1.79. The van der Waals surface area contributed by atoms with Crippen molar-refractivity contribution in [2.75, 3.05) is 0 Å². The number of nitrogens with zero attached hydrogens (tertiary/aromatic N) is 1. The number of aromatic nitrogens is 1. The fraction of sp³-hybridized carbons (Fsp3) is 0.636. The number of carbonyl (C=O) groups excluding carboxylic acids is 1. The number of pyridine rings is 1. The molecular weight excluding hydrogens is 553 g/mol. The zero-order valence-corrected chi connectivity index (χ0v) is 27.2. The van der Waals surface area contributed by atoms with E-state index < -0.39 is 19.4 Å². The largest absolute Gasteiger partial charge is 0.441 e. The zero-order valence-electron chi connectivity index (χ0n) is 25.5. The first-order valence-corrected chi connectivity index (χ1v) is 17.8. The number of ether oxygens (including phenoxy) is 1. The fourth-order valence-electron chi connectivity index (χ4n) is 6.51. The summed E-state index contributed by atoms with van der Waals surface area (Å²) in [6.07, 6.45) is 11.7. The van der Waals surface area contributed by atoms with Gasteiger partial charge in [0.2, 0.25) is 5.85 Å². The summed E-state index contributed by atoms with van der Waals surface area (Å²) in [5, 5.41) is 1.95. The molecule has 0 N–H and O–H groups in total. The van der Waals surface area contributed by atoms with Crippen LogP contribution in [0.2, 0.25) is 0 Å². The summed E-state index contributed by atoms with van der Waals surface area (Å²) in [5.74, 6) is 0.335. The second-order valence-corrected chi connectivity index (χ2v) is 15.9. The van der Waals surface area contributed by atoms with Crippen LogP contribution in [-0.2, 0) is 23.1 Å². The number of thiophene rings is 1. The molecular formula is C33H48NO5PS. The minimum atomic E-state index is -4.05. The van der Waals surface area contributed by atoms with E-state index in [1.54, 1.807) is 30.6 Å². The molecule has 2 aliphatic carbocycles. The first-order valence-electron chi connectivity index (χ1n) is 15.3. The van der Waals surface area contributed by atoms with Gasteiger partial charge in [-0.05, 0) is 84.8 Å². The molecule has 2 fully saturated rings. The van der Waals surface area contributed by atoms with Gasteiger partial charge in [-0.3, -0.25) is 9.55 Å². The third-order valence-electron chi connectivity index (χ3n) is 8.90. The number of carbonyl (C=O) groups is 1. The Morgan fingerprint density at radius 2 is 1.56 bits per heavy atom. The molecule has 0 spiro atoms. The number of hydrogen-bond acceptors (Lipinski definition) is 7. The van der Waals surface area contributed by atoms with E-state index in [0.29, 0.717) is 29.2 Å². The lowest BCUT2D eigenvalue weighted by atomic mass is 9.75. The molecule has 7 atom stereocenters. The predicted octanol–water partition coefficient (Wildman–Crippen LogP) is 9.55. The van der Waals surface area contributed by atoms with Crippen molar-refractivity contribution >= 4 is 31.0 Å². The Balaban J connectivity index is 1.73. The minimum Gasteiger partial charge on any atom is -0.441 e. The van der Waals surface area contributed by atoms with E-state index in [1.165, 1.54) is 17.4 Å². The average molecular weight is 602 g/mol. The van der Waals surface area contributed by atoms with Gasteiger partial charge in [-0.15, -0.1) is 11.3 Å². The maximum absolute atomic E-state index is 15.4. The highest BCUT2D eigenvalue weighted by Crippen LogP contribution is 2.65. The molecule has 4 rings (SSSR count). The van der Waals surface area contributed by atoms with Crippen LogP contribution in [0.5, 0.6) is 0 Å². The summed E-state index contributed by atoms with van der Waals surface area (Å²) in [4.78, 5) is 18.5. The maximum Gasteiger partial charge on any atom is 0.376 e. The van der Waals surface area contributed by atoms with Gasteiger partial charge in [0, 0.05) is 28.9 Å². The summed E-state index contributed by atoms with van der Waals surface area (Å²) in [5.41, 5.74) is 0.517. The molecule has 0 bridgehead atoms. The van der Waals surface area contributed by atoms with E-state index in [4.69, 9.17) is 13.8 Å². The smallest absolute Gasteiger partial charge is 0.376 e. The summed E-state index contributed by atoms with van der Waals surface area (Å²) < 4.78 is 35.0. The van der Waals surface area contributed by atoms with Crippen molar-refractivity contribution in [3.63, 3.8) is 0 Å². The Kier molecular flexibility index (Phi) is 11.4. The molecule has 226 valence electrons. The van der Waals surface area contributed by atoms with Gasteiger partial charge < -0.3 is 13.8 Å². The van der Waals surface area contributed by atoms with Crippen molar-refractivity contribution in [1.82, 2.24) is 4.98 Å². The Labute approximate surface area is 250 Å². The van der Waals surface area contributed by atoms with Gasteiger partial charge in [0.25, 0.3) is 0 Å². The van der Waals surface area contributed by atoms with E-state index in [9.17, 15) is 4.79 Å². The Bertz CT molecular complexity index is 1130. The van der Waals surface area contributed by atoms with Crippen molar-refractivity contribution in [1.29, 1.82) is 0 Å². The van der Waals surface area contributed by atoms with E-state index >= 15 is 4.57 Å². The molecule has 2 saturated carbocycles. The van der Waals surface area contributed by atoms with Crippen molar-refractivity contribution < 1.29 is 23.1 Å². The lowest BCUT2D eigenvalue weighted by molar-refractivity contribution is -0.141. The molecule has 8 heteroatoms. The highest BCUT2D eigenvalue weighted by Gasteiger charge is 2.48. The highest BCUT2D eigenvalue weighted by atomic mass is 32.1. The van der Waals surface area contributed by atoms with Crippen LogP contribution in [0, 0.1) is 35.5 Å². The van der Waals surface area contributed by atoms with Gasteiger partial charge in [0.05, 0.1) is 12.2 Å². The molecule has 0 radical (unpaired) electrons. The van der Waals surface area contributed by atoms with Crippen molar-refractivity contribution in [3.05, 3.63) is 58.6 Å². The van der Waals surface area contributed by atoms with Crippen molar-refractivity contribution in [2.45, 2.75) is 98.1 Å². The van der Waals surface area contributed by atoms with Crippen LogP contribution in [0.1, 0.15) is 96.4 Å². The number of esters is 1. The highest BCUT2D eigenvalue weighted by molar-refractivity contribution is 7.54. The topological polar surface area (TPSA) is 74.7 Å². The summed E-state index contributed by atoms with van der Waals surface area (Å²) in [6.45, 7) is 13.3. The molecule has 2 aliphatic rings. The first-order chi connectivity index (χ1) is 19.6. The summed E-state index contributed by atoms with van der Waals surface area (Å²) in [7, 11) is -4.05. The quantitative estimate of drug-likeness (QED) is 0.145. The molecule has 0 saturated heterocycles. The molecule has 7 unspecified atom stereocenters. The van der Waals surface area contributed by atoms with E-state index in [2.05, 4.69) is 46.5 Å². The van der Waals surface area contributed by atoms with Crippen LogP contribution in [-0.4, -0.2) is 23.2 Å². The summed E-state index contributed by atoms with van der Waals surface area (Å²) >= 11 is 1.53. The monoisotopic (exact) mass is 601 g/mol. The van der Waals surface area contributed by atoms with E-state index in [0.717, 1.165) is 43.4 Å². The van der Waals surface area contributed by atoms with Crippen LogP contribution in [0.25, 0.3) is 6.08 Å². The molecule has 2 heterocycles. The molecule has 41 heavy (non-hydrogen) atoms. The second-order valence-electron chi connectivity index (χ2n) is 12.9. The van der Waals surface area contributed by atoms with Crippen molar-refractivity contribution in [3.8, 4) is 0 Å². The van der Waals surface area contributed by atoms with Crippen LogP contribution in [0.4, 0.5) is 0 Å². The Morgan fingerprint density at radius 3 is 2.05 bits per heavy atom. The van der Waals surface area contributed by atoms with E-state index in [1.807, 2.05) is 17.5 Å². The second kappa shape index (κ2) is 14.6. The SMILES string of the molecule is CC1CCC(C(C)C)C(OP(=O)(OC2CC(C)CCC2C(C)C)C(OC(=O)C=Cc2cccs2)c2cccnc2)C1. The van der Waals surface area contributed by atoms with Gasteiger partial charge in [0.15, 0.2) is 0 Å². The van der Waals surface area contributed by atoms with Gasteiger partial charge in [-0.1, -0.05) is 66.5 Å². The van der Waals surface area contributed by atoms with Crippen LogP contribution < -0.4 is 0 Å². The van der Waals surface area contributed by atoms with Gasteiger partial charge >= 0.3 is 13.6 Å². The normalized spacial score (nSPS) is 29.5. The third-order valence-corrected chi connectivity index (χ3v) is 11.8. The zero-order chi connectivity index (χ0) is 29.6. The lowest BCUT2D eigenvalue weighted by Crippen LogP contribution is -2.37. The molecule has 6 nitrogen and oxygen atoms in total. The lowest BCUT2D eigenvalue weighted by Gasteiger charge is -2.43.